The second kappa shape index (κ2) is 6.79. The Kier molecular flexibility index (Phi) is 5.87. The lowest BCUT2D eigenvalue weighted by atomic mass is 9.70. The fourth-order valence-electron chi connectivity index (χ4n) is 3.22. The Hall–Kier alpha value is -0.770. The molecular formula is C16H32N2O2. The van der Waals surface area contributed by atoms with Gasteiger partial charge in [0.1, 0.15) is 5.60 Å². The van der Waals surface area contributed by atoms with E-state index < -0.39 is 5.60 Å². The maximum Gasteiger partial charge on any atom is 0.410 e. The molecule has 0 aromatic heterocycles. The molecule has 1 rings (SSSR count). The molecular weight excluding hydrogens is 252 g/mol. The summed E-state index contributed by atoms with van der Waals surface area (Å²) in [5, 5.41) is 0. The average molecular weight is 284 g/mol. The van der Waals surface area contributed by atoms with Crippen LogP contribution in [0.4, 0.5) is 4.79 Å². The summed E-state index contributed by atoms with van der Waals surface area (Å²) in [6.07, 6.45) is 4.17. The first-order valence-corrected chi connectivity index (χ1v) is 7.85. The van der Waals surface area contributed by atoms with Crippen molar-refractivity contribution in [1.29, 1.82) is 0 Å². The van der Waals surface area contributed by atoms with Crippen LogP contribution < -0.4 is 5.73 Å². The molecule has 1 heterocycles. The van der Waals surface area contributed by atoms with Crippen molar-refractivity contribution in [2.45, 2.75) is 65.9 Å². The third kappa shape index (κ3) is 5.31. The first-order chi connectivity index (χ1) is 9.17. The van der Waals surface area contributed by atoms with Crippen molar-refractivity contribution in [2.75, 3.05) is 19.6 Å². The van der Waals surface area contributed by atoms with Gasteiger partial charge in [-0.1, -0.05) is 13.8 Å². The number of likely N-dealkylation sites (tertiary alicyclic amines) is 1. The number of amides is 1. The summed E-state index contributed by atoms with van der Waals surface area (Å²) in [7, 11) is 0. The average Bonchev–Trinajstić information content (AvgIpc) is 2.26. The Balaban J connectivity index is 2.58. The summed E-state index contributed by atoms with van der Waals surface area (Å²) in [6, 6.07) is 0. The predicted octanol–water partition coefficient (Wildman–Crippen LogP) is 3.40. The molecule has 1 aliphatic rings. The molecule has 1 saturated heterocycles. The van der Waals surface area contributed by atoms with E-state index in [-0.39, 0.29) is 6.09 Å². The molecule has 0 radical (unpaired) electrons. The Morgan fingerprint density at radius 3 is 2.25 bits per heavy atom. The highest BCUT2D eigenvalue weighted by Crippen LogP contribution is 2.40. The number of piperidine rings is 1. The first-order valence-electron chi connectivity index (χ1n) is 7.85. The minimum absolute atomic E-state index is 0.177. The van der Waals surface area contributed by atoms with Crippen LogP contribution in [-0.4, -0.2) is 36.2 Å². The third-order valence-corrected chi connectivity index (χ3v) is 3.99. The number of hydrogen-bond acceptors (Lipinski definition) is 3. The number of carbonyl (C=O) groups excluding carboxylic acids is 1. The monoisotopic (exact) mass is 284 g/mol. The van der Waals surface area contributed by atoms with E-state index >= 15 is 0 Å². The maximum absolute atomic E-state index is 12.1. The fraction of sp³-hybridized carbons (Fsp3) is 0.938. The predicted molar refractivity (Wildman–Crippen MR) is 82.6 cm³/mol. The van der Waals surface area contributed by atoms with Crippen LogP contribution in [0.1, 0.15) is 60.3 Å². The summed E-state index contributed by atoms with van der Waals surface area (Å²) >= 11 is 0. The highest BCUT2D eigenvalue weighted by atomic mass is 16.6. The van der Waals surface area contributed by atoms with Crippen molar-refractivity contribution in [1.82, 2.24) is 4.90 Å². The Morgan fingerprint density at radius 1 is 1.30 bits per heavy atom. The summed E-state index contributed by atoms with van der Waals surface area (Å²) in [5.41, 5.74) is 5.70. The second-order valence-corrected chi connectivity index (χ2v) is 7.60. The SMILES string of the molecule is CC(C)CC1(CCN)CCN(C(=O)OC(C)(C)C)CC1. The van der Waals surface area contributed by atoms with Gasteiger partial charge in [0.2, 0.25) is 0 Å². The van der Waals surface area contributed by atoms with Gasteiger partial charge in [-0.15, -0.1) is 0 Å². The molecule has 2 N–H and O–H groups in total. The molecule has 20 heavy (non-hydrogen) atoms. The summed E-state index contributed by atoms with van der Waals surface area (Å²) in [5.74, 6) is 0.676. The lowest BCUT2D eigenvalue weighted by molar-refractivity contribution is 0.00629. The zero-order valence-corrected chi connectivity index (χ0v) is 13.9. The van der Waals surface area contributed by atoms with Gasteiger partial charge in [-0.25, -0.2) is 4.79 Å². The fourth-order valence-corrected chi connectivity index (χ4v) is 3.22. The second-order valence-electron chi connectivity index (χ2n) is 7.60. The normalized spacial score (nSPS) is 19.2. The first kappa shape index (κ1) is 17.3. The van der Waals surface area contributed by atoms with Crippen molar-refractivity contribution >= 4 is 6.09 Å². The molecule has 4 heteroatoms. The number of ether oxygens (including phenoxy) is 1. The van der Waals surface area contributed by atoms with Crippen molar-refractivity contribution in [3.8, 4) is 0 Å². The molecule has 0 saturated carbocycles. The van der Waals surface area contributed by atoms with Crippen molar-refractivity contribution in [3.63, 3.8) is 0 Å². The molecule has 1 aliphatic heterocycles. The van der Waals surface area contributed by atoms with E-state index in [1.807, 2.05) is 25.7 Å². The van der Waals surface area contributed by atoms with Gasteiger partial charge in [-0.05, 0) is 64.3 Å². The van der Waals surface area contributed by atoms with Crippen LogP contribution in [0.15, 0.2) is 0 Å². The third-order valence-electron chi connectivity index (χ3n) is 3.99. The van der Waals surface area contributed by atoms with Gasteiger partial charge >= 0.3 is 6.09 Å². The van der Waals surface area contributed by atoms with Gasteiger partial charge in [0.05, 0.1) is 0 Å². The lowest BCUT2D eigenvalue weighted by Gasteiger charge is -2.43. The molecule has 0 atom stereocenters. The maximum atomic E-state index is 12.1. The van der Waals surface area contributed by atoms with Gasteiger partial charge < -0.3 is 15.4 Å². The van der Waals surface area contributed by atoms with Crippen molar-refractivity contribution in [2.24, 2.45) is 17.1 Å². The van der Waals surface area contributed by atoms with Gasteiger partial charge in [0.25, 0.3) is 0 Å². The number of rotatable bonds is 4. The zero-order valence-electron chi connectivity index (χ0n) is 13.9. The Morgan fingerprint density at radius 2 is 1.85 bits per heavy atom. The minimum Gasteiger partial charge on any atom is -0.444 e. The molecule has 4 nitrogen and oxygen atoms in total. The van der Waals surface area contributed by atoms with Crippen LogP contribution >= 0.6 is 0 Å². The van der Waals surface area contributed by atoms with E-state index in [0.717, 1.165) is 38.9 Å². The topological polar surface area (TPSA) is 55.6 Å². The van der Waals surface area contributed by atoms with E-state index in [9.17, 15) is 4.79 Å². The molecule has 1 fully saturated rings. The van der Waals surface area contributed by atoms with E-state index in [4.69, 9.17) is 10.5 Å². The van der Waals surface area contributed by atoms with Crippen LogP contribution in [0.3, 0.4) is 0 Å². The largest absolute Gasteiger partial charge is 0.444 e. The Bertz CT molecular complexity index is 313. The van der Waals surface area contributed by atoms with Crippen LogP contribution in [-0.2, 0) is 4.74 Å². The number of carbonyl (C=O) groups is 1. The minimum atomic E-state index is -0.416. The van der Waals surface area contributed by atoms with Crippen molar-refractivity contribution < 1.29 is 9.53 Å². The van der Waals surface area contributed by atoms with Crippen LogP contribution in [0, 0.1) is 11.3 Å². The molecule has 0 spiro atoms. The standard InChI is InChI=1S/C16H32N2O2/c1-13(2)12-16(6-9-17)7-10-18(11-8-16)14(19)20-15(3,4)5/h13H,6-12,17H2,1-5H3. The van der Waals surface area contributed by atoms with E-state index in [0.29, 0.717) is 11.3 Å². The molecule has 0 bridgehead atoms. The van der Waals surface area contributed by atoms with Gasteiger partial charge in [-0.2, -0.15) is 0 Å². The molecule has 118 valence electrons. The van der Waals surface area contributed by atoms with E-state index in [2.05, 4.69) is 13.8 Å². The quantitative estimate of drug-likeness (QED) is 0.861. The number of nitrogens with two attached hydrogens (primary N) is 1. The smallest absolute Gasteiger partial charge is 0.410 e. The molecule has 1 amide bonds. The van der Waals surface area contributed by atoms with E-state index in [1.165, 1.54) is 6.42 Å². The Labute approximate surface area is 124 Å². The highest BCUT2D eigenvalue weighted by Gasteiger charge is 2.36. The molecule has 0 aromatic rings. The summed E-state index contributed by atoms with van der Waals surface area (Å²) in [4.78, 5) is 13.9. The van der Waals surface area contributed by atoms with Crippen LogP contribution in [0.5, 0.6) is 0 Å². The molecule has 0 aromatic carbocycles. The number of hydrogen-bond donors (Lipinski definition) is 1. The lowest BCUT2D eigenvalue weighted by Crippen LogP contribution is -2.46. The number of nitrogens with zero attached hydrogens (tertiary/aromatic N) is 1. The van der Waals surface area contributed by atoms with Gasteiger partial charge in [0.15, 0.2) is 0 Å². The molecule has 0 aliphatic carbocycles. The highest BCUT2D eigenvalue weighted by molar-refractivity contribution is 5.68. The van der Waals surface area contributed by atoms with Crippen LogP contribution in [0.2, 0.25) is 0 Å². The van der Waals surface area contributed by atoms with Gasteiger partial charge in [-0.3, -0.25) is 0 Å². The zero-order chi connectivity index (χ0) is 15.4. The molecule has 0 unspecified atom stereocenters. The van der Waals surface area contributed by atoms with E-state index in [1.54, 1.807) is 0 Å². The van der Waals surface area contributed by atoms with Crippen molar-refractivity contribution in [3.05, 3.63) is 0 Å². The van der Waals surface area contributed by atoms with Gasteiger partial charge in [0, 0.05) is 13.1 Å². The van der Waals surface area contributed by atoms with Crippen LogP contribution in [0.25, 0.3) is 0 Å². The summed E-state index contributed by atoms with van der Waals surface area (Å²) < 4.78 is 5.45. The summed E-state index contributed by atoms with van der Waals surface area (Å²) in [6.45, 7) is 12.6.